The van der Waals surface area contributed by atoms with Gasteiger partial charge in [0.05, 0.1) is 5.75 Å². The van der Waals surface area contributed by atoms with E-state index in [9.17, 15) is 8.42 Å². The molecule has 0 aliphatic rings. The molecule has 0 rings (SSSR count). The minimum atomic E-state index is -3.89. The molecule has 0 heterocycles. The highest BCUT2D eigenvalue weighted by Crippen LogP contribution is 2.02. The standard InChI is InChI=1S/C5H14N2O3S/c6-2-1-5(3-7)4-11(8,9)10/h5H,1-4,6-7H2,(H,8,9,10). The summed E-state index contributed by atoms with van der Waals surface area (Å²) < 4.78 is 29.1. The van der Waals surface area contributed by atoms with Crippen LogP contribution in [0, 0.1) is 5.92 Å². The summed E-state index contributed by atoms with van der Waals surface area (Å²) in [7, 11) is -3.89. The summed E-state index contributed by atoms with van der Waals surface area (Å²) in [6, 6.07) is 0. The lowest BCUT2D eigenvalue weighted by atomic mass is 10.1. The molecule has 5 N–H and O–H groups in total. The molecule has 0 amide bonds. The third kappa shape index (κ3) is 6.24. The Balaban J connectivity index is 3.88. The van der Waals surface area contributed by atoms with Gasteiger partial charge in [-0.1, -0.05) is 0 Å². The van der Waals surface area contributed by atoms with Crippen molar-refractivity contribution in [2.75, 3.05) is 18.8 Å². The van der Waals surface area contributed by atoms with E-state index in [0.29, 0.717) is 13.0 Å². The summed E-state index contributed by atoms with van der Waals surface area (Å²) in [5.74, 6) is -0.518. The number of hydrogen-bond acceptors (Lipinski definition) is 4. The first-order valence-electron chi connectivity index (χ1n) is 3.35. The fourth-order valence-corrected chi connectivity index (χ4v) is 1.70. The highest BCUT2D eigenvalue weighted by Gasteiger charge is 2.14. The van der Waals surface area contributed by atoms with Gasteiger partial charge in [-0.2, -0.15) is 8.42 Å². The summed E-state index contributed by atoms with van der Waals surface area (Å²) in [6.07, 6.45) is 0.524. The molecule has 1 atom stereocenters. The van der Waals surface area contributed by atoms with E-state index >= 15 is 0 Å². The third-order valence-electron chi connectivity index (χ3n) is 1.35. The Labute approximate surface area is 66.5 Å². The molecule has 0 saturated carbocycles. The van der Waals surface area contributed by atoms with E-state index in [1.54, 1.807) is 0 Å². The molecule has 5 nitrogen and oxygen atoms in total. The van der Waals surface area contributed by atoms with Gasteiger partial charge in [0.25, 0.3) is 10.1 Å². The molecule has 0 saturated heterocycles. The lowest BCUT2D eigenvalue weighted by molar-refractivity contribution is 0.458. The molecular weight excluding hydrogens is 168 g/mol. The van der Waals surface area contributed by atoms with E-state index in [-0.39, 0.29) is 18.2 Å². The summed E-state index contributed by atoms with van der Waals surface area (Å²) in [5, 5.41) is 0. The van der Waals surface area contributed by atoms with Crippen LogP contribution in [0.4, 0.5) is 0 Å². The highest BCUT2D eigenvalue weighted by molar-refractivity contribution is 7.85. The second kappa shape index (κ2) is 4.66. The maximum Gasteiger partial charge on any atom is 0.265 e. The Kier molecular flexibility index (Phi) is 4.58. The molecule has 1 unspecified atom stereocenters. The van der Waals surface area contributed by atoms with Gasteiger partial charge in [0.1, 0.15) is 0 Å². The maximum absolute atomic E-state index is 10.3. The Bertz CT molecular complexity index is 190. The Morgan fingerprint density at radius 3 is 2.18 bits per heavy atom. The van der Waals surface area contributed by atoms with Crippen LogP contribution in [0.5, 0.6) is 0 Å². The molecule has 0 fully saturated rings. The van der Waals surface area contributed by atoms with Gasteiger partial charge in [-0.3, -0.25) is 4.55 Å². The van der Waals surface area contributed by atoms with Gasteiger partial charge in [-0.25, -0.2) is 0 Å². The second-order valence-corrected chi connectivity index (χ2v) is 3.92. The van der Waals surface area contributed by atoms with Crippen LogP contribution in [0.3, 0.4) is 0 Å². The zero-order valence-electron chi connectivity index (χ0n) is 6.23. The fourth-order valence-electron chi connectivity index (χ4n) is 0.803. The van der Waals surface area contributed by atoms with Gasteiger partial charge < -0.3 is 11.5 Å². The minimum Gasteiger partial charge on any atom is -0.330 e. The molecule has 0 aromatic carbocycles. The summed E-state index contributed by atoms with van der Waals surface area (Å²) >= 11 is 0. The van der Waals surface area contributed by atoms with Gasteiger partial charge in [0, 0.05) is 0 Å². The van der Waals surface area contributed by atoms with Crippen LogP contribution in [0.25, 0.3) is 0 Å². The normalized spacial score (nSPS) is 14.8. The molecule has 0 aromatic heterocycles. The van der Waals surface area contributed by atoms with E-state index in [0.717, 1.165) is 0 Å². The highest BCUT2D eigenvalue weighted by atomic mass is 32.2. The average Bonchev–Trinajstić information content (AvgIpc) is 1.84. The molecule has 0 aliphatic carbocycles. The predicted octanol–water partition coefficient (Wildman–Crippen LogP) is -1.20. The van der Waals surface area contributed by atoms with Crippen molar-refractivity contribution in [2.45, 2.75) is 6.42 Å². The number of rotatable bonds is 5. The van der Waals surface area contributed by atoms with Gasteiger partial charge in [-0.05, 0) is 25.4 Å². The first-order chi connectivity index (χ1) is 4.99. The van der Waals surface area contributed by atoms with E-state index in [2.05, 4.69) is 0 Å². The lowest BCUT2D eigenvalue weighted by Gasteiger charge is -2.09. The zero-order chi connectivity index (χ0) is 8.91. The molecule has 6 heteroatoms. The molecular formula is C5H14N2O3S. The van der Waals surface area contributed by atoms with Crippen molar-refractivity contribution in [2.24, 2.45) is 17.4 Å². The quantitative estimate of drug-likeness (QED) is 0.463. The van der Waals surface area contributed by atoms with Crippen LogP contribution in [0.2, 0.25) is 0 Å². The molecule has 0 aliphatic heterocycles. The van der Waals surface area contributed by atoms with Crippen molar-refractivity contribution < 1.29 is 13.0 Å². The molecule has 0 spiro atoms. The van der Waals surface area contributed by atoms with Crippen molar-refractivity contribution in [3.8, 4) is 0 Å². The number of nitrogens with two attached hydrogens (primary N) is 2. The first-order valence-corrected chi connectivity index (χ1v) is 4.95. The van der Waals surface area contributed by atoms with Crippen LogP contribution < -0.4 is 11.5 Å². The Hall–Kier alpha value is -0.170. The van der Waals surface area contributed by atoms with E-state index in [1.165, 1.54) is 0 Å². The predicted molar refractivity (Wildman–Crippen MR) is 42.6 cm³/mol. The van der Waals surface area contributed by atoms with Gasteiger partial charge in [-0.15, -0.1) is 0 Å². The van der Waals surface area contributed by atoms with E-state index in [1.807, 2.05) is 0 Å². The fraction of sp³-hybridized carbons (Fsp3) is 1.00. The molecule has 0 radical (unpaired) electrons. The Morgan fingerprint density at radius 2 is 1.91 bits per heavy atom. The number of hydrogen-bond donors (Lipinski definition) is 3. The van der Waals surface area contributed by atoms with Gasteiger partial charge in [0.15, 0.2) is 0 Å². The van der Waals surface area contributed by atoms with Gasteiger partial charge >= 0.3 is 0 Å². The molecule has 0 bridgehead atoms. The monoisotopic (exact) mass is 182 g/mol. The van der Waals surface area contributed by atoms with Crippen LogP contribution >= 0.6 is 0 Å². The van der Waals surface area contributed by atoms with Crippen LogP contribution in [-0.2, 0) is 10.1 Å². The molecule has 11 heavy (non-hydrogen) atoms. The zero-order valence-corrected chi connectivity index (χ0v) is 7.05. The van der Waals surface area contributed by atoms with E-state index in [4.69, 9.17) is 16.0 Å². The Morgan fingerprint density at radius 1 is 1.36 bits per heavy atom. The van der Waals surface area contributed by atoms with Crippen molar-refractivity contribution in [3.05, 3.63) is 0 Å². The summed E-state index contributed by atoms with van der Waals surface area (Å²) in [4.78, 5) is 0. The second-order valence-electron chi connectivity index (χ2n) is 2.43. The summed E-state index contributed by atoms with van der Waals surface area (Å²) in [5.41, 5.74) is 10.4. The molecule has 0 aromatic rings. The molecule has 68 valence electrons. The van der Waals surface area contributed by atoms with Crippen molar-refractivity contribution >= 4 is 10.1 Å². The van der Waals surface area contributed by atoms with Crippen molar-refractivity contribution in [1.29, 1.82) is 0 Å². The third-order valence-corrected chi connectivity index (χ3v) is 2.25. The summed E-state index contributed by atoms with van der Waals surface area (Å²) in [6.45, 7) is 0.619. The van der Waals surface area contributed by atoms with Crippen molar-refractivity contribution in [3.63, 3.8) is 0 Å². The topological polar surface area (TPSA) is 106 Å². The average molecular weight is 182 g/mol. The first kappa shape index (κ1) is 10.8. The van der Waals surface area contributed by atoms with Crippen LogP contribution in [0.15, 0.2) is 0 Å². The smallest absolute Gasteiger partial charge is 0.265 e. The van der Waals surface area contributed by atoms with E-state index < -0.39 is 10.1 Å². The van der Waals surface area contributed by atoms with Crippen molar-refractivity contribution in [1.82, 2.24) is 0 Å². The van der Waals surface area contributed by atoms with Gasteiger partial charge in [0.2, 0.25) is 0 Å². The minimum absolute atomic E-state index is 0.227. The lowest BCUT2D eigenvalue weighted by Crippen LogP contribution is -2.25. The van der Waals surface area contributed by atoms with Crippen LogP contribution in [-0.4, -0.2) is 31.8 Å². The van der Waals surface area contributed by atoms with Crippen LogP contribution in [0.1, 0.15) is 6.42 Å². The SMILES string of the molecule is NCCC(CN)CS(=O)(=O)O. The maximum atomic E-state index is 10.3. The largest absolute Gasteiger partial charge is 0.330 e.